The molecule has 0 aliphatic carbocycles. The number of hydrogen-bond acceptors (Lipinski definition) is 12. The smallest absolute Gasteiger partial charge is 0.274 e. The molecule has 17 nitrogen and oxygen atoms in total. The minimum atomic E-state index is -0.587. The first-order chi connectivity index (χ1) is 35.0. The highest BCUT2D eigenvalue weighted by Crippen LogP contribution is 2.27. The second-order valence-electron chi connectivity index (χ2n) is 18.6. The number of anilines is 1. The Morgan fingerprint density at radius 2 is 1.56 bits per heavy atom. The fourth-order valence-corrected chi connectivity index (χ4v) is 9.50. The van der Waals surface area contributed by atoms with Crippen LogP contribution in [0.4, 0.5) is 10.1 Å². The van der Waals surface area contributed by atoms with Crippen LogP contribution in [-0.2, 0) is 29.0 Å². The molecule has 3 saturated heterocycles. The van der Waals surface area contributed by atoms with E-state index in [-0.39, 0.29) is 35.2 Å². The van der Waals surface area contributed by atoms with E-state index in [1.807, 2.05) is 42.2 Å². The largest absolute Gasteiger partial charge is 0.447 e. The summed E-state index contributed by atoms with van der Waals surface area (Å²) >= 11 is 0. The Morgan fingerprint density at radius 1 is 0.819 bits per heavy atom. The summed E-state index contributed by atoms with van der Waals surface area (Å²) < 4.78 is 19.7. The number of fused-ring (bicyclic) bond motifs is 1. The molecule has 0 saturated carbocycles. The minimum absolute atomic E-state index is 0.00390. The summed E-state index contributed by atoms with van der Waals surface area (Å²) in [5, 5.41) is 13.9. The molecule has 72 heavy (non-hydrogen) atoms. The SMILES string of the molecule is CCc1cccc(-c2cnc(C(=O)N3CCN(CC4CCN(CC)CC4)CC3)c(NC(=O)CNCc3nc(C)co3)c2)c1.O=CN1CCN(C(=O)c2cc(Cc3n[nH]c(=O)c4ccccc34)ccc2F)CC1. The Morgan fingerprint density at radius 3 is 2.26 bits per heavy atom. The maximum absolute atomic E-state index is 14.4. The first-order valence-corrected chi connectivity index (χ1v) is 25.0. The molecule has 378 valence electrons. The third-order valence-electron chi connectivity index (χ3n) is 13.7. The molecule has 0 atom stereocenters. The Balaban J connectivity index is 0.000000208. The van der Waals surface area contributed by atoms with Crippen molar-refractivity contribution < 1.29 is 28.0 Å². The van der Waals surface area contributed by atoms with Crippen LogP contribution < -0.4 is 16.2 Å². The molecule has 9 rings (SSSR count). The summed E-state index contributed by atoms with van der Waals surface area (Å²) in [7, 11) is 0. The van der Waals surface area contributed by atoms with Gasteiger partial charge in [-0.05, 0) is 92.7 Å². The summed E-state index contributed by atoms with van der Waals surface area (Å²) in [6, 6.07) is 21.7. The fourth-order valence-electron chi connectivity index (χ4n) is 9.50. The van der Waals surface area contributed by atoms with Crippen LogP contribution in [0.1, 0.15) is 75.9 Å². The van der Waals surface area contributed by atoms with Crippen LogP contribution in [-0.4, -0.2) is 154 Å². The lowest BCUT2D eigenvalue weighted by atomic mass is 9.96. The lowest BCUT2D eigenvalue weighted by molar-refractivity contribution is -0.119. The number of piperazine rings is 2. The molecule has 3 aliphatic rings. The van der Waals surface area contributed by atoms with Crippen LogP contribution in [0.15, 0.2) is 94.5 Å². The van der Waals surface area contributed by atoms with E-state index >= 15 is 0 Å². The molecule has 3 aromatic carbocycles. The van der Waals surface area contributed by atoms with Gasteiger partial charge >= 0.3 is 0 Å². The van der Waals surface area contributed by atoms with Gasteiger partial charge in [-0.1, -0.05) is 62.4 Å². The Hall–Kier alpha value is -7.15. The number of oxazole rings is 1. The number of pyridine rings is 1. The molecule has 3 aliphatic heterocycles. The topological polar surface area (TPSA) is 193 Å². The third-order valence-corrected chi connectivity index (χ3v) is 13.7. The highest BCUT2D eigenvalue weighted by molar-refractivity contribution is 6.03. The van der Waals surface area contributed by atoms with Gasteiger partial charge in [0.25, 0.3) is 17.4 Å². The molecule has 0 radical (unpaired) electrons. The minimum Gasteiger partial charge on any atom is -0.447 e. The normalized spacial score (nSPS) is 15.8. The molecule has 3 fully saturated rings. The second-order valence-corrected chi connectivity index (χ2v) is 18.6. The molecule has 0 spiro atoms. The van der Waals surface area contributed by atoms with Crippen LogP contribution in [0.2, 0.25) is 0 Å². The summed E-state index contributed by atoms with van der Waals surface area (Å²) in [6.45, 7) is 15.8. The van der Waals surface area contributed by atoms with E-state index in [4.69, 9.17) is 4.42 Å². The number of carbonyl (C=O) groups excluding carboxylic acids is 4. The number of halogens is 1. The zero-order valence-electron chi connectivity index (χ0n) is 41.4. The molecule has 4 amide bonds. The predicted molar refractivity (Wildman–Crippen MR) is 273 cm³/mol. The highest BCUT2D eigenvalue weighted by Gasteiger charge is 2.29. The zero-order chi connectivity index (χ0) is 50.6. The fraction of sp³-hybridized carbons (Fsp3) is 0.407. The summed E-state index contributed by atoms with van der Waals surface area (Å²) in [5.41, 5.74) is 5.63. The van der Waals surface area contributed by atoms with Crippen LogP contribution in [0.3, 0.4) is 0 Å². The standard InChI is InChI=1S/C33H45N7O3.C21H19FN4O3/c1-4-25-7-6-8-27(17-25)28-18-29(37-30(41)20-34-21-31-36-24(3)23-43-31)32(35-19-28)33(42)40-15-13-39(14-16-40)22-26-9-11-38(5-2)12-10-26;22-18-6-5-14(11-17(18)21(29)26-9-7-25(13-27)8-10-26)12-19-15-3-1-2-4-16(15)20(28)24-23-19/h6-8,17-19,23,26,34H,4-5,9-16,20-22H2,1-3H3,(H,37,41);1-6,11,13H,7-10,12H2,(H,24,28). The maximum Gasteiger partial charge on any atom is 0.274 e. The number of benzene rings is 3. The number of hydrogen-bond donors (Lipinski definition) is 3. The van der Waals surface area contributed by atoms with Gasteiger partial charge in [-0.3, -0.25) is 34.2 Å². The molecular formula is C54H64FN11O6. The number of carbonyl (C=O) groups is 4. The van der Waals surface area contributed by atoms with E-state index in [9.17, 15) is 28.4 Å². The summed E-state index contributed by atoms with van der Waals surface area (Å²) in [5.74, 6) is -0.148. The summed E-state index contributed by atoms with van der Waals surface area (Å²) in [6.07, 6.45) is 7.83. The van der Waals surface area contributed by atoms with Crippen molar-refractivity contribution in [2.24, 2.45) is 5.92 Å². The third kappa shape index (κ3) is 13.0. The Bertz CT molecular complexity index is 2900. The lowest BCUT2D eigenvalue weighted by Crippen LogP contribution is -2.50. The van der Waals surface area contributed by atoms with E-state index in [0.717, 1.165) is 67.1 Å². The van der Waals surface area contributed by atoms with Crippen LogP contribution in [0.25, 0.3) is 21.9 Å². The number of likely N-dealkylation sites (tertiary alicyclic amines) is 1. The van der Waals surface area contributed by atoms with Crippen molar-refractivity contribution in [2.45, 2.75) is 53.0 Å². The molecule has 18 heteroatoms. The van der Waals surface area contributed by atoms with E-state index in [2.05, 4.69) is 66.6 Å². The van der Waals surface area contributed by atoms with Gasteiger partial charge in [0.05, 0.1) is 41.1 Å². The monoisotopic (exact) mass is 982 g/mol. The van der Waals surface area contributed by atoms with Gasteiger partial charge in [0.15, 0.2) is 5.69 Å². The van der Waals surface area contributed by atoms with Crippen molar-refractivity contribution in [3.05, 3.63) is 141 Å². The Labute approximate surface area is 418 Å². The Kier molecular flexibility index (Phi) is 17.3. The van der Waals surface area contributed by atoms with E-state index in [1.165, 1.54) is 43.6 Å². The van der Waals surface area contributed by atoms with Crippen molar-refractivity contribution in [1.29, 1.82) is 0 Å². The molecule has 0 bridgehead atoms. The average Bonchev–Trinajstić information content (AvgIpc) is 3.84. The van der Waals surface area contributed by atoms with Crippen LogP contribution >= 0.6 is 0 Å². The molecule has 6 aromatic rings. The number of nitrogens with one attached hydrogen (secondary N) is 3. The van der Waals surface area contributed by atoms with Gasteiger partial charge < -0.3 is 29.3 Å². The van der Waals surface area contributed by atoms with Crippen molar-refractivity contribution in [1.82, 2.24) is 50.0 Å². The van der Waals surface area contributed by atoms with E-state index in [1.54, 1.807) is 40.5 Å². The first kappa shape index (κ1) is 51.2. The number of amides is 4. The molecule has 0 unspecified atom stereocenters. The van der Waals surface area contributed by atoms with Crippen molar-refractivity contribution in [2.75, 3.05) is 90.4 Å². The van der Waals surface area contributed by atoms with Gasteiger partial charge in [-0.25, -0.2) is 19.5 Å². The molecule has 3 aromatic heterocycles. The predicted octanol–water partition coefficient (Wildman–Crippen LogP) is 5.39. The summed E-state index contributed by atoms with van der Waals surface area (Å²) in [4.78, 5) is 81.2. The zero-order valence-corrected chi connectivity index (χ0v) is 41.4. The van der Waals surface area contributed by atoms with Crippen molar-refractivity contribution in [3.63, 3.8) is 0 Å². The van der Waals surface area contributed by atoms with Gasteiger partial charge in [-0.15, -0.1) is 0 Å². The van der Waals surface area contributed by atoms with Crippen LogP contribution in [0, 0.1) is 18.7 Å². The maximum atomic E-state index is 14.4. The molecule has 6 heterocycles. The van der Waals surface area contributed by atoms with Crippen molar-refractivity contribution >= 4 is 40.6 Å². The molecular weight excluding hydrogens is 918 g/mol. The molecule has 3 N–H and O–H groups in total. The number of aryl methyl sites for hydroxylation is 2. The number of nitrogens with zero attached hydrogens (tertiary/aromatic N) is 8. The van der Waals surface area contributed by atoms with Crippen molar-refractivity contribution in [3.8, 4) is 11.1 Å². The number of rotatable bonds is 15. The van der Waals surface area contributed by atoms with Gasteiger partial charge in [0, 0.05) is 82.5 Å². The average molecular weight is 982 g/mol. The second kappa shape index (κ2) is 24.3. The van der Waals surface area contributed by atoms with E-state index in [0.29, 0.717) is 80.5 Å². The van der Waals surface area contributed by atoms with E-state index < -0.39 is 11.7 Å². The van der Waals surface area contributed by atoms with Gasteiger partial charge in [0.2, 0.25) is 18.2 Å². The number of aromatic amines is 1. The first-order valence-electron chi connectivity index (χ1n) is 25.0. The number of piperidine rings is 1. The lowest BCUT2D eigenvalue weighted by Gasteiger charge is -2.38. The van der Waals surface area contributed by atoms with Gasteiger partial charge in [-0.2, -0.15) is 5.10 Å². The quantitative estimate of drug-likeness (QED) is 0.111. The highest BCUT2D eigenvalue weighted by atomic mass is 19.1. The van der Waals surface area contributed by atoms with Crippen LogP contribution in [0.5, 0.6) is 0 Å². The number of aromatic nitrogens is 4. The number of H-pyrrole nitrogens is 1. The van der Waals surface area contributed by atoms with Gasteiger partial charge in [0.1, 0.15) is 12.1 Å².